The van der Waals surface area contributed by atoms with E-state index in [1.807, 2.05) is 6.20 Å². The highest BCUT2D eigenvalue weighted by molar-refractivity contribution is 8.67. The predicted octanol–water partition coefficient (Wildman–Crippen LogP) is 1.09. The van der Waals surface area contributed by atoms with E-state index in [0.29, 0.717) is 0 Å². The van der Waals surface area contributed by atoms with E-state index in [1.165, 1.54) is 11.0 Å². The summed E-state index contributed by atoms with van der Waals surface area (Å²) in [6, 6.07) is 0. The average molecular weight is 242 g/mol. The lowest BCUT2D eigenvalue weighted by atomic mass is 10.3. The number of aromatic nitrogens is 2. The number of rotatable bonds is 3. The highest BCUT2D eigenvalue weighted by Gasteiger charge is 2.16. The van der Waals surface area contributed by atoms with Crippen LogP contribution in [0.25, 0.3) is 0 Å². The lowest BCUT2D eigenvalue weighted by Gasteiger charge is -2.32. The molecule has 1 fully saturated rings. The van der Waals surface area contributed by atoms with Gasteiger partial charge in [0.05, 0.1) is 5.69 Å². The summed E-state index contributed by atoms with van der Waals surface area (Å²) in [6.45, 7) is 5.18. The molecule has 0 radical (unpaired) electrons. The zero-order valence-corrected chi connectivity index (χ0v) is 10.1. The second-order valence-electron chi connectivity index (χ2n) is 3.48. The van der Waals surface area contributed by atoms with Crippen molar-refractivity contribution >= 4 is 22.6 Å². The van der Waals surface area contributed by atoms with E-state index in [1.54, 1.807) is 12.4 Å². The molecule has 0 aliphatic carbocycles. The van der Waals surface area contributed by atoms with Crippen molar-refractivity contribution in [2.75, 3.05) is 26.2 Å². The van der Waals surface area contributed by atoms with Crippen molar-refractivity contribution in [3.63, 3.8) is 0 Å². The quantitative estimate of drug-likeness (QED) is 0.487. The number of hydrogen-bond acceptors (Lipinski definition) is 6. The summed E-state index contributed by atoms with van der Waals surface area (Å²) in [5.41, 5.74) is 1.05. The Bertz CT molecular complexity index is 287. The van der Waals surface area contributed by atoms with Crippen molar-refractivity contribution in [2.45, 2.75) is 6.54 Å². The normalized spacial score (nSPS) is 19.3. The summed E-state index contributed by atoms with van der Waals surface area (Å²) < 4.78 is 2.26. The maximum atomic E-state index is 4.27. The van der Waals surface area contributed by atoms with Crippen LogP contribution in [0.2, 0.25) is 0 Å². The van der Waals surface area contributed by atoms with Crippen LogP contribution in [-0.2, 0) is 6.54 Å². The number of thiol groups is 1. The van der Waals surface area contributed by atoms with E-state index in [2.05, 4.69) is 30.8 Å². The minimum atomic E-state index is 0.902. The predicted molar refractivity (Wildman–Crippen MR) is 65.5 cm³/mol. The third-order valence-corrected chi connectivity index (χ3v) is 3.74. The van der Waals surface area contributed by atoms with Gasteiger partial charge in [0.25, 0.3) is 0 Å². The molecule has 82 valence electrons. The molecule has 6 heteroatoms. The summed E-state index contributed by atoms with van der Waals surface area (Å²) in [5.74, 6) is 0. The minimum Gasteiger partial charge on any atom is -0.295 e. The van der Waals surface area contributed by atoms with Crippen LogP contribution < -0.4 is 0 Å². The van der Waals surface area contributed by atoms with Gasteiger partial charge in [0.2, 0.25) is 0 Å². The van der Waals surface area contributed by atoms with Crippen LogP contribution in [0.15, 0.2) is 18.6 Å². The van der Waals surface area contributed by atoms with Gasteiger partial charge in [-0.25, -0.2) is 4.31 Å². The first-order chi connectivity index (χ1) is 7.38. The van der Waals surface area contributed by atoms with Crippen molar-refractivity contribution in [1.29, 1.82) is 0 Å². The SMILES string of the molecule is SSN1CCN(Cc2cnccn2)CC1. The molecule has 0 bridgehead atoms. The van der Waals surface area contributed by atoms with Crippen LogP contribution in [0.4, 0.5) is 0 Å². The molecule has 0 spiro atoms. The molecule has 1 aromatic rings. The number of nitrogens with zero attached hydrogens (tertiary/aromatic N) is 4. The molecule has 1 saturated heterocycles. The first kappa shape index (κ1) is 11.2. The van der Waals surface area contributed by atoms with Crippen LogP contribution in [0.5, 0.6) is 0 Å². The van der Waals surface area contributed by atoms with Crippen LogP contribution in [-0.4, -0.2) is 45.4 Å². The first-order valence-corrected chi connectivity index (χ1v) is 6.75. The Morgan fingerprint density at radius 3 is 2.67 bits per heavy atom. The highest BCUT2D eigenvalue weighted by atomic mass is 33.1. The molecule has 1 aliphatic heterocycles. The van der Waals surface area contributed by atoms with Crippen molar-refractivity contribution < 1.29 is 0 Å². The molecule has 0 amide bonds. The average Bonchev–Trinajstić information content (AvgIpc) is 2.31. The molecule has 0 unspecified atom stereocenters. The molecule has 0 aromatic carbocycles. The van der Waals surface area contributed by atoms with Crippen molar-refractivity contribution in [1.82, 2.24) is 19.2 Å². The zero-order valence-electron chi connectivity index (χ0n) is 8.41. The summed E-state index contributed by atoms with van der Waals surface area (Å²) in [7, 11) is 1.53. The second kappa shape index (κ2) is 5.69. The van der Waals surface area contributed by atoms with Gasteiger partial charge in [-0.15, -0.1) is 0 Å². The third kappa shape index (κ3) is 3.34. The molecule has 0 atom stereocenters. The molecular weight excluding hydrogens is 228 g/mol. The Labute approximate surface area is 99.0 Å². The Morgan fingerprint density at radius 1 is 1.27 bits per heavy atom. The van der Waals surface area contributed by atoms with Crippen molar-refractivity contribution in [3.8, 4) is 0 Å². The monoisotopic (exact) mass is 242 g/mol. The van der Waals surface area contributed by atoms with Gasteiger partial charge in [0.15, 0.2) is 0 Å². The molecule has 0 N–H and O–H groups in total. The molecule has 4 nitrogen and oxygen atoms in total. The molecule has 2 heterocycles. The Morgan fingerprint density at radius 2 is 2.07 bits per heavy atom. The molecule has 0 saturated carbocycles. The van der Waals surface area contributed by atoms with Crippen LogP contribution in [0.1, 0.15) is 5.69 Å². The van der Waals surface area contributed by atoms with Crippen molar-refractivity contribution in [3.05, 3.63) is 24.3 Å². The van der Waals surface area contributed by atoms with Gasteiger partial charge in [0, 0.05) is 51.3 Å². The van der Waals surface area contributed by atoms with Crippen LogP contribution >= 0.6 is 22.6 Å². The minimum absolute atomic E-state index is 0.902. The number of piperazine rings is 1. The van der Waals surface area contributed by atoms with Gasteiger partial charge in [0.1, 0.15) is 0 Å². The van der Waals surface area contributed by atoms with Gasteiger partial charge in [-0.3, -0.25) is 14.9 Å². The fourth-order valence-electron chi connectivity index (χ4n) is 1.61. The van der Waals surface area contributed by atoms with Crippen LogP contribution in [0, 0.1) is 0 Å². The molecule has 15 heavy (non-hydrogen) atoms. The fraction of sp³-hybridized carbons (Fsp3) is 0.556. The maximum absolute atomic E-state index is 4.27. The van der Waals surface area contributed by atoms with E-state index in [4.69, 9.17) is 0 Å². The molecule has 1 aliphatic rings. The zero-order chi connectivity index (χ0) is 10.5. The third-order valence-electron chi connectivity index (χ3n) is 2.45. The molecule has 2 rings (SSSR count). The van der Waals surface area contributed by atoms with Gasteiger partial charge < -0.3 is 0 Å². The first-order valence-electron chi connectivity index (χ1n) is 4.92. The van der Waals surface area contributed by atoms with E-state index in [-0.39, 0.29) is 0 Å². The lowest BCUT2D eigenvalue weighted by Crippen LogP contribution is -2.42. The van der Waals surface area contributed by atoms with E-state index < -0.39 is 0 Å². The van der Waals surface area contributed by atoms with Gasteiger partial charge >= 0.3 is 0 Å². The maximum Gasteiger partial charge on any atom is 0.0726 e. The van der Waals surface area contributed by atoms with Crippen LogP contribution in [0.3, 0.4) is 0 Å². The smallest absolute Gasteiger partial charge is 0.0726 e. The lowest BCUT2D eigenvalue weighted by molar-refractivity contribution is 0.188. The summed E-state index contributed by atoms with van der Waals surface area (Å²) in [6.07, 6.45) is 5.29. The standard InChI is InChI=1S/C9H14N4S2/c14-15-13-5-3-12(4-6-13)8-9-7-10-1-2-11-9/h1-2,7,14H,3-6,8H2. The van der Waals surface area contributed by atoms with Crippen molar-refractivity contribution in [2.24, 2.45) is 0 Å². The highest BCUT2D eigenvalue weighted by Crippen LogP contribution is 2.16. The fourth-order valence-corrected chi connectivity index (χ4v) is 2.43. The van der Waals surface area contributed by atoms with E-state index in [9.17, 15) is 0 Å². The molecule has 1 aromatic heterocycles. The van der Waals surface area contributed by atoms with Gasteiger partial charge in [-0.05, 0) is 11.0 Å². The Hall–Kier alpha value is -0.300. The Kier molecular flexibility index (Phi) is 4.25. The van der Waals surface area contributed by atoms with E-state index in [0.717, 1.165) is 38.4 Å². The second-order valence-corrected chi connectivity index (χ2v) is 4.65. The van der Waals surface area contributed by atoms with Gasteiger partial charge in [-0.1, -0.05) is 11.7 Å². The summed E-state index contributed by atoms with van der Waals surface area (Å²) >= 11 is 4.19. The molecular formula is C9H14N4S2. The Balaban J connectivity index is 1.82. The topological polar surface area (TPSA) is 32.3 Å². The van der Waals surface area contributed by atoms with E-state index >= 15 is 0 Å². The largest absolute Gasteiger partial charge is 0.295 e. The summed E-state index contributed by atoms with van der Waals surface area (Å²) in [4.78, 5) is 10.7. The summed E-state index contributed by atoms with van der Waals surface area (Å²) in [5, 5.41) is 0. The number of hydrogen-bond donors (Lipinski definition) is 1. The van der Waals surface area contributed by atoms with Gasteiger partial charge in [-0.2, -0.15) is 0 Å².